The lowest BCUT2D eigenvalue weighted by atomic mass is 10.1. The summed E-state index contributed by atoms with van der Waals surface area (Å²) in [5.74, 6) is -1.98. The molecule has 0 fully saturated rings. The number of aliphatic hydroxyl groups is 1. The minimum atomic E-state index is -1.38. The Kier molecular flexibility index (Phi) is 4.99. The number of carboxylic acid groups (broad SMARTS) is 1. The average Bonchev–Trinajstić information content (AvgIpc) is 2.35. The molecule has 0 radical (unpaired) electrons. The van der Waals surface area contributed by atoms with Crippen molar-refractivity contribution < 1.29 is 19.8 Å². The second-order valence-electron chi connectivity index (χ2n) is 3.40. The minimum Gasteiger partial charge on any atom is -0.480 e. The number of carbonyl (C=O) groups excluding carboxylic acids is 1. The van der Waals surface area contributed by atoms with Gasteiger partial charge in [0, 0.05) is 5.75 Å². The van der Waals surface area contributed by atoms with Crippen LogP contribution in [0.25, 0.3) is 0 Å². The van der Waals surface area contributed by atoms with Gasteiger partial charge in [0.15, 0.2) is 6.10 Å². The smallest absolute Gasteiger partial charge is 0.327 e. The van der Waals surface area contributed by atoms with Crippen molar-refractivity contribution in [2.75, 3.05) is 5.75 Å². The van der Waals surface area contributed by atoms with Gasteiger partial charge in [-0.1, -0.05) is 30.3 Å². The Morgan fingerprint density at radius 2 is 1.88 bits per heavy atom. The zero-order chi connectivity index (χ0) is 12.8. The number of rotatable bonds is 5. The molecule has 92 valence electrons. The molecule has 0 aromatic heterocycles. The van der Waals surface area contributed by atoms with Crippen molar-refractivity contribution in [3.63, 3.8) is 0 Å². The molecule has 0 aliphatic rings. The summed E-state index contributed by atoms with van der Waals surface area (Å²) in [7, 11) is 0. The van der Waals surface area contributed by atoms with Crippen molar-refractivity contribution in [2.45, 2.75) is 12.1 Å². The lowest BCUT2D eigenvalue weighted by Gasteiger charge is -2.15. The SMILES string of the molecule is O=C(N[C@@H](CS)C(=O)O)C(O)c1ccccc1. The van der Waals surface area contributed by atoms with Gasteiger partial charge in [-0.05, 0) is 5.56 Å². The highest BCUT2D eigenvalue weighted by Gasteiger charge is 2.23. The number of nitrogens with one attached hydrogen (secondary N) is 1. The van der Waals surface area contributed by atoms with Gasteiger partial charge >= 0.3 is 5.97 Å². The molecule has 1 rings (SSSR count). The van der Waals surface area contributed by atoms with Gasteiger partial charge in [0.05, 0.1) is 0 Å². The first kappa shape index (κ1) is 13.5. The second-order valence-corrected chi connectivity index (χ2v) is 3.76. The van der Waals surface area contributed by atoms with E-state index in [1.165, 1.54) is 0 Å². The van der Waals surface area contributed by atoms with Crippen molar-refractivity contribution in [3.8, 4) is 0 Å². The Labute approximate surface area is 104 Å². The first-order valence-electron chi connectivity index (χ1n) is 4.93. The van der Waals surface area contributed by atoms with Crippen molar-refractivity contribution in [3.05, 3.63) is 35.9 Å². The van der Waals surface area contributed by atoms with Gasteiger partial charge in [-0.25, -0.2) is 4.79 Å². The van der Waals surface area contributed by atoms with Gasteiger partial charge in [-0.2, -0.15) is 12.6 Å². The summed E-state index contributed by atoms with van der Waals surface area (Å²) in [6.45, 7) is 0. The topological polar surface area (TPSA) is 86.6 Å². The van der Waals surface area contributed by atoms with Crippen LogP contribution in [0.5, 0.6) is 0 Å². The normalized spacial score (nSPS) is 13.8. The van der Waals surface area contributed by atoms with E-state index in [2.05, 4.69) is 17.9 Å². The zero-order valence-electron chi connectivity index (χ0n) is 8.91. The molecule has 6 heteroatoms. The van der Waals surface area contributed by atoms with Crippen LogP contribution >= 0.6 is 12.6 Å². The maximum Gasteiger partial charge on any atom is 0.327 e. The molecule has 3 N–H and O–H groups in total. The Balaban J connectivity index is 2.68. The van der Waals surface area contributed by atoms with Crippen LogP contribution in [0.3, 0.4) is 0 Å². The van der Waals surface area contributed by atoms with Crippen molar-refractivity contribution in [1.82, 2.24) is 5.32 Å². The first-order valence-corrected chi connectivity index (χ1v) is 5.56. The molecule has 0 spiro atoms. The number of thiol groups is 1. The van der Waals surface area contributed by atoms with Gasteiger partial charge in [0.1, 0.15) is 6.04 Å². The average molecular weight is 255 g/mol. The molecule has 0 aliphatic heterocycles. The van der Waals surface area contributed by atoms with E-state index in [0.717, 1.165) is 0 Å². The molecule has 0 aliphatic carbocycles. The molecule has 1 aromatic carbocycles. The summed E-state index contributed by atoms with van der Waals surface area (Å²) >= 11 is 3.81. The third kappa shape index (κ3) is 3.76. The Hall–Kier alpha value is -1.53. The fourth-order valence-electron chi connectivity index (χ4n) is 1.22. The predicted octanol–water partition coefficient (Wildman–Crippen LogP) is 0.219. The number of amides is 1. The van der Waals surface area contributed by atoms with Crippen LogP contribution in [0.4, 0.5) is 0 Å². The van der Waals surface area contributed by atoms with E-state index in [1.807, 2.05) is 0 Å². The highest BCUT2D eigenvalue weighted by molar-refractivity contribution is 7.80. The number of aliphatic hydroxyl groups excluding tert-OH is 1. The van der Waals surface area contributed by atoms with Crippen LogP contribution in [0, 0.1) is 0 Å². The predicted molar refractivity (Wildman–Crippen MR) is 64.8 cm³/mol. The third-order valence-corrected chi connectivity index (χ3v) is 2.53. The molecular formula is C11H13NO4S. The van der Waals surface area contributed by atoms with Crippen molar-refractivity contribution >= 4 is 24.5 Å². The minimum absolute atomic E-state index is 0.0391. The molecule has 1 aromatic rings. The molecule has 0 heterocycles. The van der Waals surface area contributed by atoms with E-state index in [4.69, 9.17) is 5.11 Å². The molecule has 5 nitrogen and oxygen atoms in total. The molecule has 0 bridgehead atoms. The lowest BCUT2D eigenvalue weighted by molar-refractivity contribution is -0.142. The third-order valence-electron chi connectivity index (χ3n) is 2.16. The molecule has 0 saturated heterocycles. The molecule has 17 heavy (non-hydrogen) atoms. The highest BCUT2D eigenvalue weighted by atomic mass is 32.1. The van der Waals surface area contributed by atoms with Crippen LogP contribution in [0.1, 0.15) is 11.7 Å². The highest BCUT2D eigenvalue weighted by Crippen LogP contribution is 2.12. The van der Waals surface area contributed by atoms with E-state index in [0.29, 0.717) is 5.56 Å². The van der Waals surface area contributed by atoms with Crippen molar-refractivity contribution in [2.24, 2.45) is 0 Å². The summed E-state index contributed by atoms with van der Waals surface area (Å²) in [6.07, 6.45) is -1.38. The summed E-state index contributed by atoms with van der Waals surface area (Å²) < 4.78 is 0. The Morgan fingerprint density at radius 3 is 2.35 bits per heavy atom. The number of carbonyl (C=O) groups is 2. The van der Waals surface area contributed by atoms with E-state index in [-0.39, 0.29) is 5.75 Å². The molecule has 2 atom stereocenters. The van der Waals surface area contributed by atoms with Crippen molar-refractivity contribution in [1.29, 1.82) is 0 Å². The number of carboxylic acids is 1. The molecule has 0 saturated carbocycles. The first-order chi connectivity index (χ1) is 8.06. The molecular weight excluding hydrogens is 242 g/mol. The van der Waals surface area contributed by atoms with Gasteiger partial charge in [0.2, 0.25) is 0 Å². The second kappa shape index (κ2) is 6.27. The largest absolute Gasteiger partial charge is 0.480 e. The van der Waals surface area contributed by atoms with E-state index in [9.17, 15) is 14.7 Å². The molecule has 1 unspecified atom stereocenters. The maximum absolute atomic E-state index is 11.6. The fourth-order valence-corrected chi connectivity index (χ4v) is 1.47. The van der Waals surface area contributed by atoms with Gasteiger partial charge < -0.3 is 15.5 Å². The summed E-state index contributed by atoms with van der Waals surface area (Å²) in [5, 5.41) is 20.6. The van der Waals surface area contributed by atoms with E-state index >= 15 is 0 Å². The number of hydrogen-bond donors (Lipinski definition) is 4. The van der Waals surface area contributed by atoms with Crippen LogP contribution in [-0.2, 0) is 9.59 Å². The maximum atomic E-state index is 11.6. The Bertz CT molecular complexity index is 396. The van der Waals surface area contributed by atoms with Crippen LogP contribution in [0.2, 0.25) is 0 Å². The summed E-state index contributed by atoms with van der Waals surface area (Å²) in [4.78, 5) is 22.2. The standard InChI is InChI=1S/C11H13NO4S/c13-9(7-4-2-1-3-5-7)10(14)12-8(6-17)11(15)16/h1-5,8-9,13,17H,6H2,(H,12,14)(H,15,16)/t8-,9?/m0/s1. The Morgan fingerprint density at radius 1 is 1.29 bits per heavy atom. The lowest BCUT2D eigenvalue weighted by Crippen LogP contribution is -2.44. The number of benzene rings is 1. The van der Waals surface area contributed by atoms with Gasteiger partial charge in [-0.15, -0.1) is 0 Å². The molecule has 1 amide bonds. The quantitative estimate of drug-likeness (QED) is 0.567. The van der Waals surface area contributed by atoms with E-state index in [1.54, 1.807) is 30.3 Å². The summed E-state index contributed by atoms with van der Waals surface area (Å²) in [5.41, 5.74) is 0.410. The van der Waals surface area contributed by atoms with Crippen LogP contribution in [-0.4, -0.2) is 33.9 Å². The number of hydrogen-bond acceptors (Lipinski definition) is 4. The monoisotopic (exact) mass is 255 g/mol. The summed E-state index contributed by atoms with van der Waals surface area (Å²) in [6, 6.07) is 7.17. The zero-order valence-corrected chi connectivity index (χ0v) is 9.80. The van der Waals surface area contributed by atoms with Gasteiger partial charge in [-0.3, -0.25) is 4.79 Å². The van der Waals surface area contributed by atoms with E-state index < -0.39 is 24.0 Å². The van der Waals surface area contributed by atoms with Crippen LogP contribution < -0.4 is 5.32 Å². The van der Waals surface area contributed by atoms with Gasteiger partial charge in [0.25, 0.3) is 5.91 Å². The van der Waals surface area contributed by atoms with Crippen LogP contribution in [0.15, 0.2) is 30.3 Å². The fraction of sp³-hybridized carbons (Fsp3) is 0.273. The number of aliphatic carboxylic acids is 1.